The zero-order chi connectivity index (χ0) is 17.2. The second-order valence-electron chi connectivity index (χ2n) is 7.23. The molecule has 25 heavy (non-hydrogen) atoms. The molecule has 4 rings (SSSR count). The van der Waals surface area contributed by atoms with Crippen molar-refractivity contribution in [1.29, 1.82) is 0 Å². The molecule has 0 aliphatic carbocycles. The zero-order valence-electron chi connectivity index (χ0n) is 14.9. The lowest BCUT2D eigenvalue weighted by Crippen LogP contribution is -2.29. The maximum Gasteiger partial charge on any atom is 0.135 e. The largest absolute Gasteiger partial charge is 0.381 e. The maximum atomic E-state index is 5.46. The second kappa shape index (κ2) is 6.96. The van der Waals surface area contributed by atoms with Crippen LogP contribution in [-0.2, 0) is 17.8 Å². The summed E-state index contributed by atoms with van der Waals surface area (Å²) in [4.78, 5) is 9.39. The Morgan fingerprint density at radius 2 is 2.16 bits per heavy atom. The first-order valence-electron chi connectivity index (χ1n) is 9.10. The van der Waals surface area contributed by atoms with Crippen LogP contribution < -0.4 is 5.32 Å². The van der Waals surface area contributed by atoms with E-state index in [0.29, 0.717) is 18.5 Å². The highest BCUT2D eigenvalue weighted by Crippen LogP contribution is 2.29. The highest BCUT2D eigenvalue weighted by Gasteiger charge is 2.25. The van der Waals surface area contributed by atoms with E-state index in [1.807, 2.05) is 17.1 Å². The molecule has 1 N–H and O–H groups in total. The van der Waals surface area contributed by atoms with E-state index in [-0.39, 0.29) is 0 Å². The SMILES string of the molecule is CC(C)Cn1cc(C2=NCc3ccnc(NC4CCOCC4)c32)cn1. The molecule has 1 fully saturated rings. The Hall–Kier alpha value is -2.21. The smallest absolute Gasteiger partial charge is 0.135 e. The Morgan fingerprint density at radius 3 is 2.96 bits per heavy atom. The predicted octanol–water partition coefficient (Wildman–Crippen LogP) is 2.88. The number of aromatic nitrogens is 3. The third-order valence-corrected chi connectivity index (χ3v) is 4.70. The molecule has 0 unspecified atom stereocenters. The van der Waals surface area contributed by atoms with Crippen LogP contribution >= 0.6 is 0 Å². The first-order valence-corrected chi connectivity index (χ1v) is 9.10. The van der Waals surface area contributed by atoms with Crippen LogP contribution in [0.5, 0.6) is 0 Å². The predicted molar refractivity (Wildman–Crippen MR) is 98.1 cm³/mol. The lowest BCUT2D eigenvalue weighted by atomic mass is 10.0. The van der Waals surface area contributed by atoms with Gasteiger partial charge in [-0.05, 0) is 30.4 Å². The number of nitrogens with one attached hydrogen (secondary N) is 1. The number of rotatable bonds is 5. The molecule has 0 radical (unpaired) electrons. The van der Waals surface area contributed by atoms with Crippen LogP contribution in [0.25, 0.3) is 0 Å². The van der Waals surface area contributed by atoms with Crippen LogP contribution in [0.15, 0.2) is 29.6 Å². The van der Waals surface area contributed by atoms with Crippen molar-refractivity contribution in [3.8, 4) is 0 Å². The van der Waals surface area contributed by atoms with Crippen LogP contribution in [0, 0.1) is 5.92 Å². The summed E-state index contributed by atoms with van der Waals surface area (Å²) in [7, 11) is 0. The summed E-state index contributed by atoms with van der Waals surface area (Å²) < 4.78 is 7.46. The van der Waals surface area contributed by atoms with Gasteiger partial charge in [-0.25, -0.2) is 4.98 Å². The second-order valence-corrected chi connectivity index (χ2v) is 7.23. The van der Waals surface area contributed by atoms with Gasteiger partial charge in [-0.2, -0.15) is 5.10 Å². The number of anilines is 1. The van der Waals surface area contributed by atoms with Gasteiger partial charge < -0.3 is 10.1 Å². The van der Waals surface area contributed by atoms with E-state index in [9.17, 15) is 0 Å². The number of ether oxygens (including phenoxy) is 1. The van der Waals surface area contributed by atoms with E-state index in [0.717, 1.165) is 55.3 Å². The normalized spacial score (nSPS) is 17.6. The van der Waals surface area contributed by atoms with Crippen molar-refractivity contribution in [3.05, 3.63) is 41.3 Å². The molecule has 0 bridgehead atoms. The Morgan fingerprint density at radius 1 is 1.32 bits per heavy atom. The van der Waals surface area contributed by atoms with E-state index in [2.05, 4.69) is 41.5 Å². The van der Waals surface area contributed by atoms with Gasteiger partial charge in [0.15, 0.2) is 0 Å². The van der Waals surface area contributed by atoms with Gasteiger partial charge in [-0.15, -0.1) is 0 Å². The van der Waals surface area contributed by atoms with Crippen LogP contribution in [0.2, 0.25) is 0 Å². The minimum absolute atomic E-state index is 0.415. The molecule has 2 aromatic rings. The van der Waals surface area contributed by atoms with Crippen LogP contribution in [0.3, 0.4) is 0 Å². The highest BCUT2D eigenvalue weighted by molar-refractivity contribution is 6.17. The molecule has 4 heterocycles. The van der Waals surface area contributed by atoms with Crippen molar-refractivity contribution >= 4 is 11.5 Å². The fraction of sp³-hybridized carbons (Fsp3) is 0.526. The number of nitrogens with zero attached hydrogens (tertiary/aromatic N) is 4. The topological polar surface area (TPSA) is 64.3 Å². The van der Waals surface area contributed by atoms with Gasteiger partial charge in [-0.3, -0.25) is 9.67 Å². The molecule has 2 aliphatic rings. The van der Waals surface area contributed by atoms with Gasteiger partial charge >= 0.3 is 0 Å². The van der Waals surface area contributed by atoms with Crippen molar-refractivity contribution < 1.29 is 4.74 Å². The maximum absolute atomic E-state index is 5.46. The van der Waals surface area contributed by atoms with Gasteiger partial charge in [0.05, 0.1) is 18.5 Å². The van der Waals surface area contributed by atoms with Crippen LogP contribution in [0.1, 0.15) is 43.4 Å². The molecule has 0 atom stereocenters. The van der Waals surface area contributed by atoms with Crippen LogP contribution in [-0.4, -0.2) is 39.7 Å². The van der Waals surface area contributed by atoms with Gasteiger partial charge in [-0.1, -0.05) is 13.8 Å². The standard InChI is InChI=1S/C19H25N5O/c1-13(2)11-24-12-15(10-22-24)18-17-14(9-21-18)3-6-20-19(17)23-16-4-7-25-8-5-16/h3,6,10,12-13,16H,4-5,7-9,11H2,1-2H3,(H,20,23). The average molecular weight is 339 g/mol. The van der Waals surface area contributed by atoms with E-state index in [1.165, 1.54) is 5.56 Å². The molecule has 0 amide bonds. The molecule has 1 saturated heterocycles. The molecule has 6 heteroatoms. The third-order valence-electron chi connectivity index (χ3n) is 4.70. The first kappa shape index (κ1) is 16.3. The molecule has 2 aliphatic heterocycles. The lowest BCUT2D eigenvalue weighted by Gasteiger charge is -2.24. The summed E-state index contributed by atoms with van der Waals surface area (Å²) in [5, 5.41) is 8.12. The fourth-order valence-corrected chi connectivity index (χ4v) is 3.48. The molecule has 0 aromatic carbocycles. The minimum atomic E-state index is 0.415. The molecular formula is C19H25N5O. The highest BCUT2D eigenvalue weighted by atomic mass is 16.5. The minimum Gasteiger partial charge on any atom is -0.381 e. The summed E-state index contributed by atoms with van der Waals surface area (Å²) in [6.07, 6.45) is 7.93. The number of fused-ring (bicyclic) bond motifs is 1. The monoisotopic (exact) mass is 339 g/mol. The fourth-order valence-electron chi connectivity index (χ4n) is 3.48. The van der Waals surface area contributed by atoms with E-state index in [4.69, 9.17) is 9.73 Å². The number of hydrogen-bond donors (Lipinski definition) is 1. The molecule has 0 spiro atoms. The Kier molecular flexibility index (Phi) is 4.53. The summed E-state index contributed by atoms with van der Waals surface area (Å²) in [5.41, 5.74) is 4.45. The van der Waals surface area contributed by atoms with E-state index < -0.39 is 0 Å². The van der Waals surface area contributed by atoms with Crippen molar-refractivity contribution in [3.63, 3.8) is 0 Å². The molecule has 6 nitrogen and oxygen atoms in total. The van der Waals surface area contributed by atoms with Crippen molar-refractivity contribution in [2.45, 2.75) is 45.8 Å². The summed E-state index contributed by atoms with van der Waals surface area (Å²) in [6.45, 7) is 7.66. The van der Waals surface area contributed by atoms with E-state index in [1.54, 1.807) is 0 Å². The molecule has 132 valence electrons. The molecule has 0 saturated carbocycles. The third kappa shape index (κ3) is 3.44. The van der Waals surface area contributed by atoms with Gasteiger partial charge in [0.2, 0.25) is 0 Å². The first-order chi connectivity index (χ1) is 12.2. The Balaban J connectivity index is 1.61. The number of hydrogen-bond acceptors (Lipinski definition) is 5. The van der Waals surface area contributed by atoms with E-state index >= 15 is 0 Å². The number of aliphatic imine (C=N–C) groups is 1. The van der Waals surface area contributed by atoms with Crippen molar-refractivity contribution in [2.75, 3.05) is 18.5 Å². The number of pyridine rings is 1. The van der Waals surface area contributed by atoms with Gasteiger partial charge in [0.25, 0.3) is 0 Å². The Bertz CT molecular complexity index is 774. The molecular weight excluding hydrogens is 314 g/mol. The van der Waals surface area contributed by atoms with Crippen LogP contribution in [0.4, 0.5) is 5.82 Å². The Labute approximate surface area is 148 Å². The molecule has 2 aromatic heterocycles. The zero-order valence-corrected chi connectivity index (χ0v) is 14.9. The van der Waals surface area contributed by atoms with Crippen molar-refractivity contribution in [2.24, 2.45) is 10.9 Å². The average Bonchev–Trinajstić information content (AvgIpc) is 3.22. The van der Waals surface area contributed by atoms with Crippen molar-refractivity contribution in [1.82, 2.24) is 14.8 Å². The van der Waals surface area contributed by atoms with Gasteiger partial charge in [0.1, 0.15) is 5.82 Å². The quantitative estimate of drug-likeness (QED) is 0.910. The summed E-state index contributed by atoms with van der Waals surface area (Å²) in [6, 6.07) is 2.48. The summed E-state index contributed by atoms with van der Waals surface area (Å²) in [5.74, 6) is 1.51. The van der Waals surface area contributed by atoms with Gasteiger partial charge in [0, 0.05) is 49.3 Å². The lowest BCUT2D eigenvalue weighted by molar-refractivity contribution is 0.0904. The summed E-state index contributed by atoms with van der Waals surface area (Å²) >= 11 is 0.